The quantitative estimate of drug-likeness (QED) is 0.0291. The van der Waals surface area contributed by atoms with Crippen molar-refractivity contribution in [2.24, 2.45) is 10.5 Å². The van der Waals surface area contributed by atoms with E-state index >= 15 is 0 Å². The highest BCUT2D eigenvalue weighted by Crippen LogP contribution is 2.45. The van der Waals surface area contributed by atoms with Gasteiger partial charge in [-0.3, -0.25) is 19.2 Å². The van der Waals surface area contributed by atoms with E-state index in [0.29, 0.717) is 81.6 Å². The van der Waals surface area contributed by atoms with Crippen LogP contribution in [0.4, 0.5) is 5.69 Å². The number of carbonyl (C=O) groups excluding carboxylic acids is 2. The molecule has 0 radical (unpaired) electrons. The molecule has 1 aromatic carbocycles. The number of rotatable bonds is 14. The number of carboxylic acids is 1. The third kappa shape index (κ3) is 14.7. The summed E-state index contributed by atoms with van der Waals surface area (Å²) in [6.07, 6.45) is 14.7. The summed E-state index contributed by atoms with van der Waals surface area (Å²) in [7, 11) is -4.23. The minimum Gasteiger partial charge on any atom is -0.480 e. The monoisotopic (exact) mass is 912 g/mol. The van der Waals surface area contributed by atoms with Gasteiger partial charge in [0.1, 0.15) is 12.6 Å². The number of amides is 2. The molecule has 2 amide bonds. The van der Waals surface area contributed by atoms with Crippen molar-refractivity contribution < 1.29 is 66.3 Å². The summed E-state index contributed by atoms with van der Waals surface area (Å²) in [4.78, 5) is 38.5. The first-order chi connectivity index (χ1) is 29.1. The average Bonchev–Trinajstić information content (AvgIpc) is 3.58. The van der Waals surface area contributed by atoms with Crippen LogP contribution >= 0.6 is 24.1 Å². The minimum atomic E-state index is -4.23. The van der Waals surface area contributed by atoms with Crippen LogP contribution in [0.3, 0.4) is 0 Å². The van der Waals surface area contributed by atoms with E-state index in [1.54, 1.807) is 6.07 Å². The van der Waals surface area contributed by atoms with E-state index in [2.05, 4.69) is 29.6 Å². The van der Waals surface area contributed by atoms with Crippen molar-refractivity contribution >= 4 is 69.1 Å². The predicted octanol–water partition coefficient (Wildman–Crippen LogP) is 6.50. The van der Waals surface area contributed by atoms with Crippen LogP contribution < -0.4 is 10.6 Å². The van der Waals surface area contributed by atoms with Gasteiger partial charge < -0.3 is 15.7 Å². The largest absolute Gasteiger partial charge is 0.480 e. The smallest absolute Gasteiger partial charge is 0.326 e. The topological polar surface area (TPSA) is 246 Å². The number of allylic oxidation sites excluding steroid dienone is 6. The number of nitrogens with zero attached hydrogens (tertiary/aromatic N) is 3. The van der Waals surface area contributed by atoms with Gasteiger partial charge in [0.15, 0.2) is 5.71 Å². The molecule has 0 saturated heterocycles. The molecule has 18 nitrogen and oxygen atoms in total. The van der Waals surface area contributed by atoms with Crippen LogP contribution in [0.1, 0.15) is 103 Å². The Balaban J connectivity index is 1.73. The van der Waals surface area contributed by atoms with Gasteiger partial charge in [0.2, 0.25) is 17.5 Å². The molecule has 3 atom stereocenters. The lowest BCUT2D eigenvalue weighted by Gasteiger charge is -2.29. The number of hydrogen-bond donors (Lipinski definition) is 6. The van der Waals surface area contributed by atoms with Crippen molar-refractivity contribution in [1.82, 2.24) is 15.6 Å². The first-order valence-corrected chi connectivity index (χ1v) is 23.6. The molecular weight excluding hydrogens is 855 g/mol. The lowest BCUT2D eigenvalue weighted by molar-refractivity contribution is -0.438. The van der Waals surface area contributed by atoms with Crippen molar-refractivity contribution in [3.8, 4) is 0 Å². The van der Waals surface area contributed by atoms with Crippen molar-refractivity contribution in [1.29, 1.82) is 0 Å². The second-order valence-corrected chi connectivity index (χ2v) is 18.7. The van der Waals surface area contributed by atoms with Crippen LogP contribution in [0.5, 0.6) is 0 Å². The van der Waals surface area contributed by atoms with Crippen molar-refractivity contribution in [2.45, 2.75) is 114 Å². The van der Waals surface area contributed by atoms with Gasteiger partial charge in [-0.25, -0.2) is 15.3 Å². The Morgan fingerprint density at radius 2 is 1.80 bits per heavy atom. The summed E-state index contributed by atoms with van der Waals surface area (Å²) >= 11 is 1.76. The highest BCUT2D eigenvalue weighted by molar-refractivity contribution is 7.94. The van der Waals surface area contributed by atoms with E-state index in [-0.39, 0.29) is 37.5 Å². The summed E-state index contributed by atoms with van der Waals surface area (Å²) in [5, 5.41) is 47.0. The molecule has 0 spiro atoms. The first kappa shape index (κ1) is 50.0. The van der Waals surface area contributed by atoms with Gasteiger partial charge in [0.25, 0.3) is 10.1 Å². The summed E-state index contributed by atoms with van der Waals surface area (Å²) in [5.74, 6) is -1.52. The third-order valence-electron chi connectivity index (χ3n) is 11.3. The zero-order chi connectivity index (χ0) is 44.5. The fraction of sp³-hybridized carbons (Fsp3) is 0.575. The average molecular weight is 913 g/mol. The Bertz CT molecular complexity index is 1960. The highest BCUT2D eigenvalue weighted by atomic mass is 32.2. The zero-order valence-electron chi connectivity index (χ0n) is 34.7. The van der Waals surface area contributed by atoms with Gasteiger partial charge >= 0.3 is 5.97 Å². The van der Waals surface area contributed by atoms with Crippen LogP contribution in [0, 0.1) is 5.41 Å². The maximum absolute atomic E-state index is 13.1. The van der Waals surface area contributed by atoms with Crippen LogP contribution in [0.25, 0.3) is 0 Å². The first-order valence-electron chi connectivity index (χ1n) is 20.3. The minimum absolute atomic E-state index is 0.143. The molecule has 4 rings (SSSR count). The number of hydrazone groups is 1. The summed E-state index contributed by atoms with van der Waals surface area (Å²) in [6.45, 7) is 7.42. The molecule has 3 heterocycles. The van der Waals surface area contributed by atoms with E-state index in [4.69, 9.17) is 19.9 Å². The normalized spacial score (nSPS) is 23.8. The number of benzene rings is 1. The molecule has 0 fully saturated rings. The SMILES string of the molecule is CC1=NN(CCCSOOO)C2=CC=CC=CC3=[N+](CCCCCC(=O)NC(C(=O)O)CCCCNC(=O)CCC21C)c1ccc(SOOO)cc1C3(C)CCCS(=O)(=O)O. The number of nitrogens with one attached hydrogen (secondary N) is 2. The van der Waals surface area contributed by atoms with Gasteiger partial charge in [-0.1, -0.05) is 28.3 Å². The molecule has 6 N–H and O–H groups in total. The van der Waals surface area contributed by atoms with Crippen LogP contribution in [0.2, 0.25) is 0 Å². The fourth-order valence-corrected chi connectivity index (χ4v) is 9.18. The standard InChI is InChI=1S/C40H57N5O13S3/c1-29-39(2)22-20-36(46)41-23-10-9-14-32(38(48)49)42-37(47)17-8-5-11-24-44-33-19-18-30(60-58-56-51)28-31(33)40(3,21-12-27-61(52,53)54)34(44)15-6-4-7-16-35(39)45(43-29)25-13-26-59-57-55-50/h4,6-7,15-16,18-19,28,32H,5,8-14,17,20-27H2,1-3H3,(H5-,41,42,46,47,48,49,50,51,52,53,54)/p+1. The summed E-state index contributed by atoms with van der Waals surface area (Å²) in [6, 6.07) is 4.57. The molecule has 3 unspecified atom stereocenters. The number of hydrogen-bond acceptors (Lipinski definition) is 15. The van der Waals surface area contributed by atoms with Crippen LogP contribution in [-0.2, 0) is 48.7 Å². The lowest BCUT2D eigenvalue weighted by atomic mass is 9.76. The van der Waals surface area contributed by atoms with Crippen molar-refractivity contribution in [3.05, 3.63) is 59.8 Å². The number of fused-ring (bicyclic) bond motifs is 3. The van der Waals surface area contributed by atoms with E-state index in [1.165, 1.54) is 0 Å². The Labute approximate surface area is 365 Å². The lowest BCUT2D eigenvalue weighted by Crippen LogP contribution is -2.40. The number of carbonyl (C=O) groups is 3. The van der Waals surface area contributed by atoms with E-state index in [0.717, 1.165) is 52.5 Å². The maximum atomic E-state index is 13.1. The molecule has 1 aromatic rings. The molecule has 3 aliphatic heterocycles. The Morgan fingerprint density at radius 1 is 1.02 bits per heavy atom. The van der Waals surface area contributed by atoms with Gasteiger partial charge in [-0.2, -0.15) is 18.1 Å². The molecule has 0 saturated carbocycles. The van der Waals surface area contributed by atoms with Gasteiger partial charge in [0.05, 0.1) is 23.2 Å². The van der Waals surface area contributed by atoms with Gasteiger partial charge in [0, 0.05) is 89.6 Å². The molecule has 0 aromatic heterocycles. The molecular formula is C40H58N5O13S3+. The number of aliphatic carboxylic acids is 1. The van der Waals surface area contributed by atoms with Gasteiger partial charge in [-0.05, 0) is 96.8 Å². The number of carboxylic acid groups (broad SMARTS) is 1. The molecule has 21 heteroatoms. The maximum Gasteiger partial charge on any atom is 0.326 e. The zero-order valence-corrected chi connectivity index (χ0v) is 37.2. The van der Waals surface area contributed by atoms with E-state index in [9.17, 15) is 32.5 Å². The molecule has 0 bridgehead atoms. The Hall–Kier alpha value is -3.64. The predicted molar refractivity (Wildman–Crippen MR) is 230 cm³/mol. The van der Waals surface area contributed by atoms with Crippen molar-refractivity contribution in [3.63, 3.8) is 0 Å². The van der Waals surface area contributed by atoms with E-state index < -0.39 is 38.7 Å². The Morgan fingerprint density at radius 3 is 2.54 bits per heavy atom. The molecule has 338 valence electrons. The summed E-state index contributed by atoms with van der Waals surface area (Å²) in [5.41, 5.74) is 3.00. The molecule has 61 heavy (non-hydrogen) atoms. The second-order valence-electron chi connectivity index (χ2n) is 15.5. The van der Waals surface area contributed by atoms with Crippen LogP contribution in [0.15, 0.2) is 64.3 Å². The fourth-order valence-electron chi connectivity index (χ4n) is 7.91. The van der Waals surface area contributed by atoms with Crippen molar-refractivity contribution in [2.75, 3.05) is 31.1 Å². The Kier molecular flexibility index (Phi) is 19.9. The second kappa shape index (κ2) is 24.3. The van der Waals surface area contributed by atoms with E-state index in [1.807, 2.05) is 68.3 Å². The molecule has 0 aliphatic carbocycles. The molecule has 3 aliphatic rings. The third-order valence-corrected chi connectivity index (χ3v) is 13.3. The van der Waals surface area contributed by atoms with Gasteiger partial charge in [-0.15, -0.1) is 8.67 Å². The summed E-state index contributed by atoms with van der Waals surface area (Å²) < 4.78 is 44.7. The highest BCUT2D eigenvalue weighted by Gasteiger charge is 2.47. The van der Waals surface area contributed by atoms with Crippen LogP contribution in [-0.4, -0.2) is 105 Å².